The van der Waals surface area contributed by atoms with Gasteiger partial charge in [-0.15, -0.1) is 0 Å². The van der Waals surface area contributed by atoms with Crippen molar-refractivity contribution in [2.24, 2.45) is 4.99 Å². The summed E-state index contributed by atoms with van der Waals surface area (Å²) in [4.78, 5) is 9.37. The van der Waals surface area contributed by atoms with Gasteiger partial charge in [0.1, 0.15) is 6.34 Å². The van der Waals surface area contributed by atoms with Gasteiger partial charge in [0.2, 0.25) is 0 Å². The second-order valence-corrected chi connectivity index (χ2v) is 5.08. The van der Waals surface area contributed by atoms with E-state index in [-0.39, 0.29) is 0 Å². The number of nitrogens with one attached hydrogen (secondary N) is 1. The third-order valence-corrected chi connectivity index (χ3v) is 2.84. The molecule has 0 atom stereocenters. The molecule has 1 N–H and O–H groups in total. The molecule has 0 spiro atoms. The van der Waals surface area contributed by atoms with Crippen molar-refractivity contribution in [3.05, 3.63) is 17.2 Å². The maximum atomic E-state index is 6.28. The van der Waals surface area contributed by atoms with Crippen LogP contribution in [-0.4, -0.2) is 26.2 Å². The average Bonchev–Trinajstić information content (AvgIpc) is 2.51. The Labute approximate surface area is 137 Å². The van der Waals surface area contributed by atoms with E-state index >= 15 is 0 Å². The molecule has 0 unspecified atom stereocenters. The molecule has 0 saturated carbocycles. The van der Waals surface area contributed by atoms with Crippen molar-refractivity contribution in [3.8, 4) is 11.5 Å². The third-order valence-electron chi connectivity index (χ3n) is 2.56. The van der Waals surface area contributed by atoms with Crippen LogP contribution in [-0.2, 0) is 4.84 Å². The zero-order chi connectivity index (χ0) is 16.2. The SMILES string of the molecule is CCCONC=Nc1cc(Cl)c(OCCC)c(OCCC)c1. The fourth-order valence-electron chi connectivity index (χ4n) is 1.59. The number of ether oxygens (including phenoxy) is 2. The molecule has 1 aromatic carbocycles. The van der Waals surface area contributed by atoms with Crippen LogP contribution in [0.15, 0.2) is 17.1 Å². The zero-order valence-corrected chi connectivity index (χ0v) is 14.3. The minimum absolute atomic E-state index is 0.490. The van der Waals surface area contributed by atoms with E-state index < -0.39 is 0 Å². The van der Waals surface area contributed by atoms with Gasteiger partial charge in [-0.1, -0.05) is 32.4 Å². The second kappa shape index (κ2) is 11.2. The first-order valence-corrected chi connectivity index (χ1v) is 8.09. The van der Waals surface area contributed by atoms with Gasteiger partial charge in [0.15, 0.2) is 11.5 Å². The highest BCUT2D eigenvalue weighted by Gasteiger charge is 2.12. The second-order valence-electron chi connectivity index (χ2n) is 4.68. The summed E-state index contributed by atoms with van der Waals surface area (Å²) in [5.74, 6) is 1.19. The van der Waals surface area contributed by atoms with Gasteiger partial charge in [-0.2, -0.15) is 0 Å². The molecule has 0 amide bonds. The summed E-state index contributed by atoms with van der Waals surface area (Å²) in [7, 11) is 0. The Morgan fingerprint density at radius 3 is 2.41 bits per heavy atom. The molecule has 0 heterocycles. The van der Waals surface area contributed by atoms with Gasteiger partial charge in [-0.3, -0.25) is 10.3 Å². The van der Waals surface area contributed by atoms with E-state index in [0.29, 0.717) is 42.0 Å². The van der Waals surface area contributed by atoms with Gasteiger partial charge >= 0.3 is 0 Å². The van der Waals surface area contributed by atoms with Crippen LogP contribution in [0.2, 0.25) is 5.02 Å². The van der Waals surface area contributed by atoms with Gasteiger partial charge in [0, 0.05) is 6.07 Å². The summed E-state index contributed by atoms with van der Waals surface area (Å²) < 4.78 is 11.4. The fraction of sp³-hybridized carbons (Fsp3) is 0.562. The van der Waals surface area contributed by atoms with Crippen molar-refractivity contribution in [3.63, 3.8) is 0 Å². The molecule has 0 aliphatic rings. The summed E-state index contributed by atoms with van der Waals surface area (Å²) in [6.45, 7) is 7.94. The molecular weight excluding hydrogens is 304 g/mol. The maximum Gasteiger partial charge on any atom is 0.179 e. The van der Waals surface area contributed by atoms with Crippen LogP contribution in [0.1, 0.15) is 40.0 Å². The summed E-state index contributed by atoms with van der Waals surface area (Å²) in [5.41, 5.74) is 3.33. The van der Waals surface area contributed by atoms with E-state index in [2.05, 4.69) is 10.5 Å². The van der Waals surface area contributed by atoms with E-state index in [1.807, 2.05) is 26.8 Å². The van der Waals surface area contributed by atoms with Crippen LogP contribution in [0, 0.1) is 0 Å². The number of aliphatic imine (C=N–C) groups is 1. The monoisotopic (exact) mass is 328 g/mol. The molecule has 5 nitrogen and oxygen atoms in total. The number of halogens is 1. The van der Waals surface area contributed by atoms with Crippen molar-refractivity contribution in [2.45, 2.75) is 40.0 Å². The molecule has 124 valence electrons. The number of hydrogen-bond acceptors (Lipinski definition) is 4. The van der Waals surface area contributed by atoms with Crippen LogP contribution in [0.25, 0.3) is 0 Å². The first-order chi connectivity index (χ1) is 10.7. The predicted molar refractivity (Wildman–Crippen MR) is 90.6 cm³/mol. The average molecular weight is 329 g/mol. The van der Waals surface area contributed by atoms with Gasteiger partial charge in [0.05, 0.1) is 30.5 Å². The Morgan fingerprint density at radius 1 is 1.05 bits per heavy atom. The number of rotatable bonds is 11. The minimum Gasteiger partial charge on any atom is -0.490 e. The lowest BCUT2D eigenvalue weighted by molar-refractivity contribution is 0.0890. The van der Waals surface area contributed by atoms with Crippen molar-refractivity contribution in [1.29, 1.82) is 0 Å². The van der Waals surface area contributed by atoms with Crippen LogP contribution in [0.3, 0.4) is 0 Å². The lowest BCUT2D eigenvalue weighted by Gasteiger charge is -2.14. The quantitative estimate of drug-likeness (QED) is 0.281. The Balaban J connectivity index is 2.83. The molecule has 0 bridgehead atoms. The molecule has 22 heavy (non-hydrogen) atoms. The number of hydrogen-bond donors (Lipinski definition) is 1. The number of hydroxylamine groups is 1. The molecule has 0 fully saturated rings. The van der Waals surface area contributed by atoms with E-state index in [9.17, 15) is 0 Å². The van der Waals surface area contributed by atoms with Crippen molar-refractivity contribution >= 4 is 23.6 Å². The molecule has 0 radical (unpaired) electrons. The zero-order valence-electron chi connectivity index (χ0n) is 13.5. The normalized spacial score (nSPS) is 10.9. The Morgan fingerprint density at radius 2 is 1.73 bits per heavy atom. The van der Waals surface area contributed by atoms with Crippen molar-refractivity contribution in [2.75, 3.05) is 19.8 Å². The van der Waals surface area contributed by atoms with E-state index in [4.69, 9.17) is 25.9 Å². The van der Waals surface area contributed by atoms with Gasteiger partial charge in [-0.05, 0) is 25.3 Å². The molecule has 0 aliphatic carbocycles. The molecule has 6 heteroatoms. The molecular formula is C16H25ClN2O3. The Hall–Kier alpha value is -1.46. The van der Waals surface area contributed by atoms with E-state index in [0.717, 1.165) is 19.3 Å². The van der Waals surface area contributed by atoms with Crippen LogP contribution in [0.5, 0.6) is 11.5 Å². The predicted octanol–water partition coefficient (Wildman–Crippen LogP) is 4.51. The summed E-state index contributed by atoms with van der Waals surface area (Å²) >= 11 is 6.28. The lowest BCUT2D eigenvalue weighted by Crippen LogP contribution is -2.12. The highest BCUT2D eigenvalue weighted by molar-refractivity contribution is 6.32. The first kappa shape index (κ1) is 18.6. The number of nitrogens with zero attached hydrogens (tertiary/aromatic N) is 1. The van der Waals surface area contributed by atoms with Crippen LogP contribution in [0.4, 0.5) is 5.69 Å². The smallest absolute Gasteiger partial charge is 0.179 e. The minimum atomic E-state index is 0.490. The third kappa shape index (κ3) is 6.54. The van der Waals surface area contributed by atoms with E-state index in [1.165, 1.54) is 6.34 Å². The largest absolute Gasteiger partial charge is 0.490 e. The molecule has 0 saturated heterocycles. The topological polar surface area (TPSA) is 52.1 Å². The van der Waals surface area contributed by atoms with E-state index in [1.54, 1.807) is 6.07 Å². The summed E-state index contributed by atoms with van der Waals surface area (Å²) in [5, 5.41) is 0.490. The maximum absolute atomic E-state index is 6.28. The lowest BCUT2D eigenvalue weighted by atomic mass is 10.2. The fourth-order valence-corrected chi connectivity index (χ4v) is 1.85. The molecule has 0 aromatic heterocycles. The van der Waals surface area contributed by atoms with Gasteiger partial charge in [-0.25, -0.2) is 4.99 Å². The highest BCUT2D eigenvalue weighted by atomic mass is 35.5. The summed E-state index contributed by atoms with van der Waals surface area (Å²) in [6, 6.07) is 3.55. The van der Waals surface area contributed by atoms with Gasteiger partial charge in [0.25, 0.3) is 0 Å². The Kier molecular flexibility index (Phi) is 9.42. The number of benzene rings is 1. The highest BCUT2D eigenvalue weighted by Crippen LogP contribution is 2.39. The van der Waals surface area contributed by atoms with Crippen LogP contribution < -0.4 is 15.0 Å². The van der Waals surface area contributed by atoms with Crippen molar-refractivity contribution in [1.82, 2.24) is 5.48 Å². The summed E-state index contributed by atoms with van der Waals surface area (Å²) in [6.07, 6.45) is 4.23. The van der Waals surface area contributed by atoms with Gasteiger partial charge < -0.3 is 9.47 Å². The molecule has 1 aromatic rings. The van der Waals surface area contributed by atoms with Crippen LogP contribution >= 0.6 is 11.6 Å². The Bertz CT molecular complexity index is 467. The molecule has 1 rings (SSSR count). The first-order valence-electron chi connectivity index (χ1n) is 7.71. The standard InChI is InChI=1S/C16H25ClN2O3/c1-4-7-20-15-11-13(18-12-19-22-9-6-3)10-14(17)16(15)21-8-5-2/h10-12H,4-9H2,1-3H3,(H,18,19). The van der Waals surface area contributed by atoms with Crippen molar-refractivity contribution < 1.29 is 14.3 Å². The molecule has 0 aliphatic heterocycles.